The molecule has 0 radical (unpaired) electrons. The molecule has 1 saturated heterocycles. The summed E-state index contributed by atoms with van der Waals surface area (Å²) in [5, 5.41) is 5.59. The van der Waals surface area contributed by atoms with Gasteiger partial charge in [-0.15, -0.1) is 0 Å². The molecule has 7 nitrogen and oxygen atoms in total. The molecule has 1 aliphatic heterocycles. The highest BCUT2D eigenvalue weighted by Gasteiger charge is 2.26. The molecule has 0 saturated carbocycles. The van der Waals surface area contributed by atoms with Gasteiger partial charge in [-0.3, -0.25) is 5.32 Å². The third-order valence-corrected chi connectivity index (χ3v) is 3.86. The first-order valence-electron chi connectivity index (χ1n) is 7.90. The van der Waals surface area contributed by atoms with E-state index in [9.17, 15) is 9.59 Å². The lowest BCUT2D eigenvalue weighted by atomic mass is 10.1. The molecule has 0 spiro atoms. The van der Waals surface area contributed by atoms with E-state index < -0.39 is 11.7 Å². The normalized spacial score (nSPS) is 18.0. The summed E-state index contributed by atoms with van der Waals surface area (Å²) in [6, 6.07) is 3.20. The number of hydrogen-bond acceptors (Lipinski definition) is 4. The van der Waals surface area contributed by atoms with Crippen molar-refractivity contribution in [3.05, 3.63) is 22.8 Å². The maximum atomic E-state index is 12.3. The van der Waals surface area contributed by atoms with Crippen LogP contribution in [0.1, 0.15) is 33.6 Å². The van der Waals surface area contributed by atoms with Gasteiger partial charge in [0.05, 0.1) is 0 Å². The maximum Gasteiger partial charge on any atom is 0.407 e. The minimum atomic E-state index is -0.539. The lowest BCUT2D eigenvalue weighted by Gasteiger charge is -2.33. The smallest absolute Gasteiger partial charge is 0.407 e. The minimum Gasteiger partial charge on any atom is -0.444 e. The van der Waals surface area contributed by atoms with Gasteiger partial charge < -0.3 is 15.0 Å². The number of urea groups is 1. The van der Waals surface area contributed by atoms with Gasteiger partial charge in [0.1, 0.15) is 11.4 Å². The van der Waals surface area contributed by atoms with E-state index in [0.717, 1.165) is 17.3 Å². The topological polar surface area (TPSA) is 83.6 Å². The molecule has 8 heteroatoms. The number of piperidine rings is 1. The largest absolute Gasteiger partial charge is 0.444 e. The van der Waals surface area contributed by atoms with E-state index in [1.54, 1.807) is 17.2 Å². The number of alkyl carbamates (subject to hydrolysis) is 1. The Morgan fingerprint density at radius 2 is 2.12 bits per heavy atom. The Balaban J connectivity index is 1.86. The summed E-state index contributed by atoms with van der Waals surface area (Å²) in [6.45, 7) is 6.55. The summed E-state index contributed by atoms with van der Waals surface area (Å²) in [5.41, 5.74) is -0.539. The van der Waals surface area contributed by atoms with Crippen LogP contribution in [0.25, 0.3) is 0 Å². The van der Waals surface area contributed by atoms with Crippen molar-refractivity contribution in [2.75, 3.05) is 18.4 Å². The number of anilines is 1. The maximum absolute atomic E-state index is 12.3. The molecule has 24 heavy (non-hydrogen) atoms. The molecule has 1 aromatic rings. The zero-order valence-electron chi connectivity index (χ0n) is 14.1. The van der Waals surface area contributed by atoms with Crippen molar-refractivity contribution in [3.63, 3.8) is 0 Å². The van der Waals surface area contributed by atoms with Crippen LogP contribution in [0.15, 0.2) is 22.8 Å². The van der Waals surface area contributed by atoms with Crippen LogP contribution in [0, 0.1) is 0 Å². The fraction of sp³-hybridized carbons (Fsp3) is 0.562. The summed E-state index contributed by atoms with van der Waals surface area (Å²) in [4.78, 5) is 30.0. The van der Waals surface area contributed by atoms with Crippen LogP contribution in [0.4, 0.5) is 15.4 Å². The summed E-state index contributed by atoms with van der Waals surface area (Å²) in [5.74, 6) is 0.491. The standard InChI is InChI=1S/C16H23BrN4O3/c1-16(2,3)24-15(23)19-12-5-4-8-21(10-12)14(22)20-13-7-6-11(17)9-18-13/h6-7,9,12H,4-5,8,10H2,1-3H3,(H,19,23)(H,18,20,22). The second-order valence-corrected chi connectivity index (χ2v) is 7.64. The predicted octanol–water partition coefficient (Wildman–Crippen LogP) is 3.37. The van der Waals surface area contributed by atoms with Crippen LogP contribution < -0.4 is 10.6 Å². The van der Waals surface area contributed by atoms with Crippen molar-refractivity contribution in [1.29, 1.82) is 0 Å². The monoisotopic (exact) mass is 398 g/mol. The fourth-order valence-electron chi connectivity index (χ4n) is 2.39. The van der Waals surface area contributed by atoms with Crippen molar-refractivity contribution >= 4 is 33.9 Å². The number of carbonyl (C=O) groups excluding carboxylic acids is 2. The van der Waals surface area contributed by atoms with Gasteiger partial charge in [-0.1, -0.05) is 0 Å². The average molecular weight is 399 g/mol. The average Bonchev–Trinajstić information content (AvgIpc) is 2.48. The van der Waals surface area contributed by atoms with Crippen LogP contribution in [0.5, 0.6) is 0 Å². The Hall–Kier alpha value is -1.83. The third-order valence-electron chi connectivity index (χ3n) is 3.39. The number of amides is 3. The molecular formula is C16H23BrN4O3. The van der Waals surface area contributed by atoms with E-state index in [1.807, 2.05) is 26.8 Å². The first-order valence-corrected chi connectivity index (χ1v) is 8.69. The highest BCUT2D eigenvalue weighted by Crippen LogP contribution is 2.15. The lowest BCUT2D eigenvalue weighted by molar-refractivity contribution is 0.0480. The van der Waals surface area contributed by atoms with Crippen LogP contribution >= 0.6 is 15.9 Å². The molecule has 1 atom stereocenters. The van der Waals surface area contributed by atoms with Gasteiger partial charge in [0, 0.05) is 29.8 Å². The predicted molar refractivity (Wildman–Crippen MR) is 94.9 cm³/mol. The fourth-order valence-corrected chi connectivity index (χ4v) is 2.63. The number of hydrogen-bond donors (Lipinski definition) is 2. The first kappa shape index (κ1) is 18.5. The van der Waals surface area contributed by atoms with Crippen molar-refractivity contribution in [2.24, 2.45) is 0 Å². The van der Waals surface area contributed by atoms with Crippen molar-refractivity contribution in [2.45, 2.75) is 45.3 Å². The molecule has 2 N–H and O–H groups in total. The number of nitrogens with one attached hydrogen (secondary N) is 2. The van der Waals surface area contributed by atoms with Gasteiger partial charge in [0.15, 0.2) is 0 Å². The number of ether oxygens (including phenoxy) is 1. The van der Waals surface area contributed by atoms with Gasteiger partial charge in [0.2, 0.25) is 0 Å². The molecule has 0 aromatic carbocycles. The van der Waals surface area contributed by atoms with Crippen molar-refractivity contribution in [3.8, 4) is 0 Å². The van der Waals surface area contributed by atoms with Crippen LogP contribution in [0.2, 0.25) is 0 Å². The molecule has 3 amide bonds. The van der Waals surface area contributed by atoms with E-state index in [2.05, 4.69) is 31.5 Å². The number of carbonyl (C=O) groups is 2. The van der Waals surface area contributed by atoms with E-state index in [1.165, 1.54) is 0 Å². The number of likely N-dealkylation sites (tertiary alicyclic amines) is 1. The van der Waals surface area contributed by atoms with Gasteiger partial charge in [-0.25, -0.2) is 14.6 Å². The second kappa shape index (κ2) is 7.83. The molecule has 1 unspecified atom stereocenters. The number of pyridine rings is 1. The summed E-state index contributed by atoms with van der Waals surface area (Å²) < 4.78 is 6.11. The molecular weight excluding hydrogens is 376 g/mol. The molecule has 132 valence electrons. The minimum absolute atomic E-state index is 0.114. The summed E-state index contributed by atoms with van der Waals surface area (Å²) in [7, 11) is 0. The lowest BCUT2D eigenvalue weighted by Crippen LogP contribution is -2.51. The van der Waals surface area contributed by atoms with Gasteiger partial charge in [-0.05, 0) is 61.7 Å². The number of nitrogens with zero attached hydrogens (tertiary/aromatic N) is 2. The van der Waals surface area contributed by atoms with Gasteiger partial charge >= 0.3 is 12.1 Å². The molecule has 0 aliphatic carbocycles. The molecule has 1 aliphatic rings. The Bertz CT molecular complexity index is 586. The molecule has 1 aromatic heterocycles. The highest BCUT2D eigenvalue weighted by atomic mass is 79.9. The van der Waals surface area contributed by atoms with Gasteiger partial charge in [-0.2, -0.15) is 0 Å². The third kappa shape index (κ3) is 5.99. The first-order chi connectivity index (χ1) is 11.2. The van der Waals surface area contributed by atoms with E-state index in [-0.39, 0.29) is 12.1 Å². The van der Waals surface area contributed by atoms with Crippen LogP contribution in [-0.2, 0) is 4.74 Å². The van der Waals surface area contributed by atoms with E-state index in [4.69, 9.17) is 4.74 Å². The Morgan fingerprint density at radius 3 is 2.75 bits per heavy atom. The highest BCUT2D eigenvalue weighted by molar-refractivity contribution is 9.10. The Kier molecular flexibility index (Phi) is 6.04. The van der Waals surface area contributed by atoms with Crippen molar-refractivity contribution in [1.82, 2.24) is 15.2 Å². The molecule has 1 fully saturated rings. The Labute approximate surface area is 150 Å². The van der Waals surface area contributed by atoms with Gasteiger partial charge in [0.25, 0.3) is 0 Å². The van der Waals surface area contributed by atoms with Crippen LogP contribution in [0.3, 0.4) is 0 Å². The zero-order chi connectivity index (χ0) is 17.7. The van der Waals surface area contributed by atoms with E-state index in [0.29, 0.717) is 18.9 Å². The SMILES string of the molecule is CC(C)(C)OC(=O)NC1CCCN(C(=O)Nc2ccc(Br)cn2)C1. The van der Waals surface area contributed by atoms with Crippen LogP contribution in [-0.4, -0.2) is 46.7 Å². The summed E-state index contributed by atoms with van der Waals surface area (Å²) >= 11 is 3.30. The molecule has 2 heterocycles. The summed E-state index contributed by atoms with van der Waals surface area (Å²) in [6.07, 6.45) is 2.81. The van der Waals surface area contributed by atoms with E-state index >= 15 is 0 Å². The number of halogens is 1. The zero-order valence-corrected chi connectivity index (χ0v) is 15.7. The number of aromatic nitrogens is 1. The quantitative estimate of drug-likeness (QED) is 0.799. The molecule has 2 rings (SSSR count). The number of rotatable bonds is 2. The van der Waals surface area contributed by atoms with Crippen molar-refractivity contribution < 1.29 is 14.3 Å². The molecule has 0 bridgehead atoms. The Morgan fingerprint density at radius 1 is 1.38 bits per heavy atom. The second-order valence-electron chi connectivity index (χ2n) is 6.72.